The molecule has 10 nitrogen and oxygen atoms in total. The van der Waals surface area contributed by atoms with Crippen molar-refractivity contribution in [2.24, 2.45) is 0 Å². The number of hydrogen-bond donors (Lipinski definition) is 8. The van der Waals surface area contributed by atoms with Crippen LogP contribution < -0.4 is 0 Å². The summed E-state index contributed by atoms with van der Waals surface area (Å²) in [5.74, 6) is 0. The van der Waals surface area contributed by atoms with Crippen LogP contribution in [0.25, 0.3) is 0 Å². The van der Waals surface area contributed by atoms with Gasteiger partial charge in [0, 0.05) is 0 Å². The molecule has 0 bridgehead atoms. The standard InChI is InChI=1S/C16H30O10/c17-5-9-13(21)15(23)11(19)7(25-9)3-1-2-4-8-12(20)16(24)14(22)10(6-18)26-8/h7-24H,1-6H2/t7-,8-,9-,10-,11+,12+,13-,14-,15-,16-/m1/s1. The minimum Gasteiger partial charge on any atom is -0.394 e. The van der Waals surface area contributed by atoms with E-state index in [9.17, 15) is 30.6 Å². The molecule has 2 fully saturated rings. The molecule has 0 spiro atoms. The van der Waals surface area contributed by atoms with Crippen LogP contribution in [0.1, 0.15) is 25.7 Å². The number of rotatable bonds is 7. The maximum atomic E-state index is 9.97. The normalized spacial score (nSPS) is 47.1. The molecule has 2 saturated heterocycles. The van der Waals surface area contributed by atoms with Gasteiger partial charge < -0.3 is 50.3 Å². The van der Waals surface area contributed by atoms with Crippen LogP contribution in [-0.2, 0) is 9.47 Å². The van der Waals surface area contributed by atoms with Gasteiger partial charge in [0.15, 0.2) is 0 Å². The van der Waals surface area contributed by atoms with Gasteiger partial charge in [-0.25, -0.2) is 0 Å². The topological polar surface area (TPSA) is 180 Å². The van der Waals surface area contributed by atoms with Crippen LogP contribution in [0.2, 0.25) is 0 Å². The number of aliphatic hydroxyl groups excluding tert-OH is 8. The van der Waals surface area contributed by atoms with Gasteiger partial charge in [-0.15, -0.1) is 0 Å². The molecule has 2 aliphatic heterocycles. The highest BCUT2D eigenvalue weighted by atomic mass is 16.5. The van der Waals surface area contributed by atoms with Crippen molar-refractivity contribution in [2.75, 3.05) is 13.2 Å². The van der Waals surface area contributed by atoms with E-state index in [2.05, 4.69) is 0 Å². The van der Waals surface area contributed by atoms with E-state index in [-0.39, 0.29) is 0 Å². The lowest BCUT2D eigenvalue weighted by Crippen LogP contribution is -2.58. The average Bonchev–Trinajstić information content (AvgIpc) is 2.64. The molecule has 0 aromatic rings. The fraction of sp³-hybridized carbons (Fsp3) is 1.00. The van der Waals surface area contributed by atoms with E-state index in [1.807, 2.05) is 0 Å². The van der Waals surface area contributed by atoms with Gasteiger partial charge in [-0.1, -0.05) is 12.8 Å². The summed E-state index contributed by atoms with van der Waals surface area (Å²) in [6, 6.07) is 0. The third-order valence-corrected chi connectivity index (χ3v) is 5.21. The molecule has 0 aliphatic carbocycles. The summed E-state index contributed by atoms with van der Waals surface area (Å²) in [5.41, 5.74) is 0. The first-order valence-corrected chi connectivity index (χ1v) is 8.92. The highest BCUT2D eigenvalue weighted by molar-refractivity contribution is 4.93. The summed E-state index contributed by atoms with van der Waals surface area (Å²) >= 11 is 0. The number of hydrogen-bond acceptors (Lipinski definition) is 10. The summed E-state index contributed by atoms with van der Waals surface area (Å²) in [7, 11) is 0. The van der Waals surface area contributed by atoms with Crippen molar-refractivity contribution in [2.45, 2.75) is 86.7 Å². The first-order valence-electron chi connectivity index (χ1n) is 8.92. The number of aliphatic hydroxyl groups is 8. The SMILES string of the molecule is OC[C@H]1O[C@H](CCCC[C@H]2O[C@H](CO)[C@@H](O)[C@H](O)[C@H]2O)[C@H](O)[C@@H](O)[C@@H]1O. The second-order valence-electron chi connectivity index (χ2n) is 7.02. The molecule has 2 rings (SSSR count). The zero-order chi connectivity index (χ0) is 19.4. The summed E-state index contributed by atoms with van der Waals surface area (Å²) in [5, 5.41) is 77.3. The lowest BCUT2D eigenvalue weighted by Gasteiger charge is -2.41. The Balaban J connectivity index is 1.79. The van der Waals surface area contributed by atoms with E-state index in [1.54, 1.807) is 0 Å². The fourth-order valence-electron chi connectivity index (χ4n) is 3.53. The van der Waals surface area contributed by atoms with Crippen molar-refractivity contribution < 1.29 is 50.3 Å². The Morgan fingerprint density at radius 2 is 0.769 bits per heavy atom. The smallest absolute Gasteiger partial charge is 0.111 e. The second-order valence-corrected chi connectivity index (χ2v) is 7.02. The molecule has 0 aromatic carbocycles. The molecule has 0 unspecified atom stereocenters. The monoisotopic (exact) mass is 382 g/mol. The first kappa shape index (κ1) is 21.9. The predicted octanol–water partition coefficient (Wildman–Crippen LogP) is -3.77. The van der Waals surface area contributed by atoms with E-state index >= 15 is 0 Å². The van der Waals surface area contributed by atoms with Crippen LogP contribution in [-0.4, -0.2) is 115 Å². The van der Waals surface area contributed by atoms with Crippen LogP contribution >= 0.6 is 0 Å². The maximum Gasteiger partial charge on any atom is 0.111 e. The minimum atomic E-state index is -1.41. The minimum absolute atomic E-state index is 0.346. The Hall–Kier alpha value is -0.400. The van der Waals surface area contributed by atoms with Gasteiger partial charge in [-0.05, 0) is 12.8 Å². The molecule has 2 heterocycles. The molecule has 0 radical (unpaired) electrons. The Labute approximate surface area is 151 Å². The zero-order valence-electron chi connectivity index (χ0n) is 14.4. The zero-order valence-corrected chi connectivity index (χ0v) is 14.4. The van der Waals surface area contributed by atoms with Crippen LogP contribution in [0, 0.1) is 0 Å². The average molecular weight is 382 g/mol. The molecule has 0 amide bonds. The quantitative estimate of drug-likeness (QED) is 0.204. The molecular formula is C16H30O10. The highest BCUT2D eigenvalue weighted by Crippen LogP contribution is 2.27. The maximum absolute atomic E-state index is 9.97. The molecule has 154 valence electrons. The van der Waals surface area contributed by atoms with Gasteiger partial charge >= 0.3 is 0 Å². The van der Waals surface area contributed by atoms with E-state index in [0.29, 0.717) is 25.7 Å². The first-order chi connectivity index (χ1) is 12.3. The van der Waals surface area contributed by atoms with Gasteiger partial charge in [0.05, 0.1) is 25.4 Å². The van der Waals surface area contributed by atoms with Crippen LogP contribution in [0.4, 0.5) is 0 Å². The van der Waals surface area contributed by atoms with Crippen molar-refractivity contribution in [3.05, 3.63) is 0 Å². The Morgan fingerprint density at radius 1 is 0.462 bits per heavy atom. The predicted molar refractivity (Wildman–Crippen MR) is 86.0 cm³/mol. The summed E-state index contributed by atoms with van der Waals surface area (Å²) in [6.07, 6.45) is -9.78. The second kappa shape index (κ2) is 9.69. The molecule has 26 heavy (non-hydrogen) atoms. The van der Waals surface area contributed by atoms with Gasteiger partial charge in [0.25, 0.3) is 0 Å². The molecule has 8 N–H and O–H groups in total. The van der Waals surface area contributed by atoms with Crippen molar-refractivity contribution in [3.63, 3.8) is 0 Å². The van der Waals surface area contributed by atoms with Gasteiger partial charge in [-0.3, -0.25) is 0 Å². The van der Waals surface area contributed by atoms with Crippen molar-refractivity contribution in [1.29, 1.82) is 0 Å². The summed E-state index contributed by atoms with van der Waals surface area (Å²) in [6.45, 7) is -0.960. The fourth-order valence-corrected chi connectivity index (χ4v) is 3.53. The third kappa shape index (κ3) is 4.71. The summed E-state index contributed by atoms with van der Waals surface area (Å²) in [4.78, 5) is 0. The summed E-state index contributed by atoms with van der Waals surface area (Å²) < 4.78 is 10.8. The molecule has 0 saturated carbocycles. The molecule has 2 aliphatic rings. The number of unbranched alkanes of at least 4 members (excludes halogenated alkanes) is 1. The molecule has 0 aromatic heterocycles. The molecular weight excluding hydrogens is 352 g/mol. The Kier molecular flexibility index (Phi) is 8.16. The van der Waals surface area contributed by atoms with Gasteiger partial charge in [0.2, 0.25) is 0 Å². The lowest BCUT2D eigenvalue weighted by molar-refractivity contribution is -0.233. The molecule has 10 heteroatoms. The lowest BCUT2D eigenvalue weighted by atomic mass is 9.90. The number of ether oxygens (including phenoxy) is 2. The van der Waals surface area contributed by atoms with E-state index in [0.717, 1.165) is 0 Å². The van der Waals surface area contributed by atoms with E-state index < -0.39 is 74.3 Å². The van der Waals surface area contributed by atoms with Crippen LogP contribution in [0.3, 0.4) is 0 Å². The van der Waals surface area contributed by atoms with E-state index in [1.165, 1.54) is 0 Å². The van der Waals surface area contributed by atoms with Gasteiger partial charge in [0.1, 0.15) is 48.8 Å². The Morgan fingerprint density at radius 3 is 1.08 bits per heavy atom. The Bertz CT molecular complexity index is 382. The van der Waals surface area contributed by atoms with Crippen molar-refractivity contribution >= 4 is 0 Å². The largest absolute Gasteiger partial charge is 0.394 e. The van der Waals surface area contributed by atoms with E-state index in [4.69, 9.17) is 19.7 Å². The van der Waals surface area contributed by atoms with Crippen LogP contribution in [0.15, 0.2) is 0 Å². The van der Waals surface area contributed by atoms with Gasteiger partial charge in [-0.2, -0.15) is 0 Å². The van der Waals surface area contributed by atoms with Crippen molar-refractivity contribution in [1.82, 2.24) is 0 Å². The van der Waals surface area contributed by atoms with Crippen molar-refractivity contribution in [3.8, 4) is 0 Å². The molecule has 10 atom stereocenters. The highest BCUT2D eigenvalue weighted by Gasteiger charge is 2.44. The van der Waals surface area contributed by atoms with Crippen LogP contribution in [0.5, 0.6) is 0 Å². The third-order valence-electron chi connectivity index (χ3n) is 5.21.